The molecule has 0 radical (unpaired) electrons. The third-order valence-corrected chi connectivity index (χ3v) is 4.04. The molecule has 5 heteroatoms. The number of benzene rings is 1. The van der Waals surface area contributed by atoms with Crippen LogP contribution in [-0.2, 0) is 0 Å². The third kappa shape index (κ3) is 2.65. The predicted octanol–water partition coefficient (Wildman–Crippen LogP) is 4.05. The summed E-state index contributed by atoms with van der Waals surface area (Å²) in [5.41, 5.74) is 9.98. The Hall–Kier alpha value is -3.08. The molecule has 0 atom stereocenters. The van der Waals surface area contributed by atoms with Gasteiger partial charge >= 0.3 is 0 Å². The van der Waals surface area contributed by atoms with Gasteiger partial charge in [0, 0.05) is 17.9 Å². The van der Waals surface area contributed by atoms with Crippen molar-refractivity contribution in [1.82, 2.24) is 14.4 Å². The summed E-state index contributed by atoms with van der Waals surface area (Å²) in [7, 11) is 0. The molecule has 24 heavy (non-hydrogen) atoms. The van der Waals surface area contributed by atoms with Gasteiger partial charge in [0.25, 0.3) is 0 Å². The van der Waals surface area contributed by atoms with Gasteiger partial charge in [-0.15, -0.1) is 0 Å². The molecule has 0 aliphatic heterocycles. The van der Waals surface area contributed by atoms with Crippen LogP contribution in [0.3, 0.4) is 0 Å². The lowest BCUT2D eigenvalue weighted by molar-refractivity contribution is 0.111. The highest BCUT2D eigenvalue weighted by Gasteiger charge is 2.09. The van der Waals surface area contributed by atoms with Gasteiger partial charge in [-0.3, -0.25) is 9.20 Å². The average molecular weight is 318 g/mol. The molecule has 0 unspecified atom stereocenters. The topological polar surface area (TPSA) is 76.2 Å². The zero-order valence-electron chi connectivity index (χ0n) is 13.2. The van der Waals surface area contributed by atoms with Crippen LogP contribution in [0.15, 0.2) is 48.8 Å². The van der Waals surface area contributed by atoms with E-state index in [1.807, 2.05) is 42.7 Å². The molecule has 3 N–H and O–H groups in total. The number of pyridine rings is 1. The van der Waals surface area contributed by atoms with Gasteiger partial charge in [-0.05, 0) is 46.8 Å². The van der Waals surface area contributed by atoms with E-state index in [9.17, 15) is 4.79 Å². The Morgan fingerprint density at radius 2 is 1.88 bits per heavy atom. The van der Waals surface area contributed by atoms with Crippen LogP contribution < -0.4 is 5.73 Å². The lowest BCUT2D eigenvalue weighted by atomic mass is 10.1. The number of nitrogens with one attached hydrogen (secondary N) is 1. The first kappa shape index (κ1) is 14.5. The van der Waals surface area contributed by atoms with E-state index in [-0.39, 0.29) is 5.82 Å². The van der Waals surface area contributed by atoms with Gasteiger partial charge in [-0.2, -0.15) is 0 Å². The van der Waals surface area contributed by atoms with Crippen molar-refractivity contribution in [2.24, 2.45) is 0 Å². The van der Waals surface area contributed by atoms with E-state index in [0.717, 1.165) is 28.3 Å². The maximum atomic E-state index is 11.1. The maximum absolute atomic E-state index is 11.1. The number of nitrogens with zero attached hydrogens (tertiary/aromatic N) is 2. The number of aromatic nitrogens is 3. The first-order valence-electron chi connectivity index (χ1n) is 8.06. The summed E-state index contributed by atoms with van der Waals surface area (Å²) < 4.78 is 1.72. The number of aromatic amines is 1. The number of imidazole rings is 1. The number of nitrogens with two attached hydrogens (primary N) is 1. The van der Waals surface area contributed by atoms with Gasteiger partial charge in [-0.25, -0.2) is 4.98 Å². The minimum Gasteiger partial charge on any atom is -0.382 e. The Kier molecular flexibility index (Phi) is 3.54. The van der Waals surface area contributed by atoms with Crippen molar-refractivity contribution in [2.75, 3.05) is 5.73 Å². The first-order valence-corrected chi connectivity index (χ1v) is 8.06. The summed E-state index contributed by atoms with van der Waals surface area (Å²) in [5.74, 6) is 0.253. The van der Waals surface area contributed by atoms with Crippen molar-refractivity contribution in [2.45, 2.75) is 19.3 Å². The minimum absolute atomic E-state index is 0.253. The summed E-state index contributed by atoms with van der Waals surface area (Å²) in [6, 6.07) is 12.1. The molecule has 0 spiro atoms. The van der Waals surface area contributed by atoms with Crippen molar-refractivity contribution >= 4 is 28.7 Å². The largest absolute Gasteiger partial charge is 0.382 e. The number of hydrogen-bond acceptors (Lipinski definition) is 3. The van der Waals surface area contributed by atoms with Crippen LogP contribution in [-0.4, -0.2) is 20.7 Å². The molecule has 0 bridgehead atoms. The third-order valence-electron chi connectivity index (χ3n) is 4.04. The summed E-state index contributed by atoms with van der Waals surface area (Å²) in [6.07, 6.45) is 9.03. The maximum Gasteiger partial charge on any atom is 0.170 e. The molecule has 5 rings (SSSR count). The Labute approximate surface area is 139 Å². The smallest absolute Gasteiger partial charge is 0.170 e. The molecule has 5 nitrogen and oxygen atoms in total. The van der Waals surface area contributed by atoms with Gasteiger partial charge < -0.3 is 10.7 Å². The first-order chi connectivity index (χ1) is 11.8. The molecule has 3 aromatic heterocycles. The molecule has 0 amide bonds. The fraction of sp³-hybridized carbons (Fsp3) is 0.158. The Morgan fingerprint density at radius 3 is 2.62 bits per heavy atom. The minimum atomic E-state index is 0.253. The molecular weight excluding hydrogens is 300 g/mol. The van der Waals surface area contributed by atoms with Crippen LogP contribution in [0, 0.1) is 0 Å². The average Bonchev–Trinajstić information content (AvgIpc) is 3.35. The predicted molar refractivity (Wildman–Crippen MR) is 96.1 cm³/mol. The van der Waals surface area contributed by atoms with E-state index < -0.39 is 0 Å². The van der Waals surface area contributed by atoms with Crippen LogP contribution in [0.2, 0.25) is 0 Å². The zero-order chi connectivity index (χ0) is 16.5. The highest BCUT2D eigenvalue weighted by Crippen LogP contribution is 2.25. The SMILES string of the molecule is C1CC1.Nc1nc2ccc(-c3ccc4[nH]ccc4c3)cn2c1C=O. The number of fused-ring (bicyclic) bond motifs is 2. The number of rotatable bonds is 2. The van der Waals surface area contributed by atoms with Crippen molar-refractivity contribution in [3.8, 4) is 11.1 Å². The molecule has 1 aliphatic carbocycles. The van der Waals surface area contributed by atoms with Gasteiger partial charge in [-0.1, -0.05) is 25.3 Å². The second-order valence-corrected chi connectivity index (χ2v) is 5.99. The van der Waals surface area contributed by atoms with Crippen molar-refractivity contribution in [1.29, 1.82) is 0 Å². The lowest BCUT2D eigenvalue weighted by Crippen LogP contribution is -1.95. The number of carbonyl (C=O) groups is 1. The van der Waals surface area contributed by atoms with Crippen molar-refractivity contribution in [3.05, 3.63) is 54.5 Å². The number of anilines is 1. The quantitative estimate of drug-likeness (QED) is 0.547. The van der Waals surface area contributed by atoms with Gasteiger partial charge in [0.1, 0.15) is 11.3 Å². The normalized spacial score (nSPS) is 12.8. The summed E-state index contributed by atoms with van der Waals surface area (Å²) in [5, 5.41) is 1.15. The molecule has 1 saturated carbocycles. The van der Waals surface area contributed by atoms with E-state index in [2.05, 4.69) is 16.0 Å². The number of aldehydes is 1. The highest BCUT2D eigenvalue weighted by molar-refractivity contribution is 5.86. The fourth-order valence-electron chi connectivity index (χ4n) is 2.60. The molecule has 1 fully saturated rings. The molecule has 4 aromatic rings. The molecule has 3 heterocycles. The van der Waals surface area contributed by atoms with Crippen LogP contribution in [0.5, 0.6) is 0 Å². The monoisotopic (exact) mass is 318 g/mol. The van der Waals surface area contributed by atoms with Crippen molar-refractivity contribution in [3.63, 3.8) is 0 Å². The van der Waals surface area contributed by atoms with E-state index in [1.54, 1.807) is 4.40 Å². The van der Waals surface area contributed by atoms with E-state index in [1.165, 1.54) is 19.3 Å². The Morgan fingerprint density at radius 1 is 1.08 bits per heavy atom. The fourth-order valence-corrected chi connectivity index (χ4v) is 2.60. The molecule has 0 saturated heterocycles. The van der Waals surface area contributed by atoms with E-state index in [0.29, 0.717) is 11.3 Å². The second-order valence-electron chi connectivity index (χ2n) is 5.99. The summed E-state index contributed by atoms with van der Waals surface area (Å²) in [4.78, 5) is 18.5. The number of H-pyrrole nitrogens is 1. The Bertz CT molecular complexity index is 1020. The highest BCUT2D eigenvalue weighted by atomic mass is 16.1. The lowest BCUT2D eigenvalue weighted by Gasteiger charge is -2.04. The van der Waals surface area contributed by atoms with E-state index >= 15 is 0 Å². The number of nitrogen functional groups attached to an aromatic ring is 1. The van der Waals surface area contributed by atoms with Crippen LogP contribution in [0.4, 0.5) is 5.82 Å². The van der Waals surface area contributed by atoms with Crippen LogP contribution in [0.1, 0.15) is 29.8 Å². The standard InChI is InChI=1S/C16H12N4O.C3H6/c17-16-14(9-21)20-8-12(2-4-15(20)19-16)10-1-3-13-11(7-10)5-6-18-13;1-2-3-1/h1-9,18H,17H2;1-3H2. The summed E-state index contributed by atoms with van der Waals surface area (Å²) in [6.45, 7) is 0. The van der Waals surface area contributed by atoms with Gasteiger partial charge in [0.2, 0.25) is 0 Å². The van der Waals surface area contributed by atoms with Crippen LogP contribution in [0.25, 0.3) is 27.7 Å². The van der Waals surface area contributed by atoms with Gasteiger partial charge in [0.05, 0.1) is 0 Å². The molecule has 1 aromatic carbocycles. The van der Waals surface area contributed by atoms with Gasteiger partial charge in [0.15, 0.2) is 12.1 Å². The Balaban J connectivity index is 0.000000440. The number of hydrogen-bond donors (Lipinski definition) is 2. The summed E-state index contributed by atoms with van der Waals surface area (Å²) >= 11 is 0. The number of carbonyl (C=O) groups excluding carboxylic acids is 1. The molecule has 120 valence electrons. The van der Waals surface area contributed by atoms with E-state index in [4.69, 9.17) is 5.73 Å². The molecule has 1 aliphatic rings. The molecular formula is C19H18N4O. The zero-order valence-corrected chi connectivity index (χ0v) is 13.2. The van der Waals surface area contributed by atoms with Crippen molar-refractivity contribution < 1.29 is 4.79 Å². The van der Waals surface area contributed by atoms with Crippen LogP contribution >= 0.6 is 0 Å². The second kappa shape index (κ2) is 5.85.